The highest BCUT2D eigenvalue weighted by atomic mass is 16.1. The van der Waals surface area contributed by atoms with Gasteiger partial charge in [0.25, 0.3) is 0 Å². The molecule has 0 spiro atoms. The van der Waals surface area contributed by atoms with Crippen molar-refractivity contribution in [3.8, 4) is 0 Å². The van der Waals surface area contributed by atoms with Gasteiger partial charge in [-0.05, 0) is 24.1 Å². The first-order valence-electron chi connectivity index (χ1n) is 4.83. The zero-order valence-electron chi connectivity index (χ0n) is 8.71. The van der Waals surface area contributed by atoms with Gasteiger partial charge < -0.3 is 11.1 Å². The maximum absolute atomic E-state index is 11.2. The van der Waals surface area contributed by atoms with Crippen LogP contribution in [0.25, 0.3) is 0 Å². The number of carbonyl (C=O) groups is 1. The highest BCUT2D eigenvalue weighted by Gasteiger charge is 2.03. The molecular formula is C11H15N3O. The molecule has 4 N–H and O–H groups in total. The first-order valence-corrected chi connectivity index (χ1v) is 4.83. The molecule has 0 saturated heterocycles. The summed E-state index contributed by atoms with van der Waals surface area (Å²) in [6, 6.07) is 7.61. The van der Waals surface area contributed by atoms with Crippen LogP contribution in [0.15, 0.2) is 24.3 Å². The maximum Gasteiger partial charge on any atom is 0.231 e. The molecule has 0 saturated carbocycles. The fourth-order valence-electron chi connectivity index (χ4n) is 1.20. The fraction of sp³-hybridized carbons (Fsp3) is 0.273. The molecule has 0 aliphatic heterocycles. The molecule has 0 radical (unpaired) electrons. The van der Waals surface area contributed by atoms with Crippen LogP contribution in [0.4, 0.5) is 5.69 Å². The van der Waals surface area contributed by atoms with Gasteiger partial charge in [0.1, 0.15) is 5.84 Å². The molecule has 15 heavy (non-hydrogen) atoms. The molecule has 1 aromatic rings. The lowest BCUT2D eigenvalue weighted by atomic mass is 10.1. The first kappa shape index (κ1) is 11.2. The molecule has 4 nitrogen and oxygen atoms in total. The number of amides is 1. The number of benzene rings is 1. The Morgan fingerprint density at radius 2 is 2.00 bits per heavy atom. The summed E-state index contributed by atoms with van der Waals surface area (Å²) in [4.78, 5) is 11.2. The Hall–Kier alpha value is -1.84. The largest absolute Gasteiger partial charge is 0.387 e. The Morgan fingerprint density at radius 1 is 1.40 bits per heavy atom. The van der Waals surface area contributed by atoms with E-state index < -0.39 is 0 Å². The van der Waals surface area contributed by atoms with Crippen LogP contribution < -0.4 is 11.1 Å². The van der Waals surface area contributed by atoms with Gasteiger partial charge in [-0.1, -0.05) is 19.1 Å². The molecule has 1 aromatic carbocycles. The quantitative estimate of drug-likeness (QED) is 0.514. The van der Waals surface area contributed by atoms with Gasteiger partial charge in [0.05, 0.1) is 6.42 Å². The van der Waals surface area contributed by atoms with Gasteiger partial charge in [-0.2, -0.15) is 0 Å². The first-order chi connectivity index (χ1) is 7.11. The van der Waals surface area contributed by atoms with Crippen molar-refractivity contribution < 1.29 is 4.79 Å². The van der Waals surface area contributed by atoms with Crippen LogP contribution in [0.5, 0.6) is 0 Å². The minimum Gasteiger partial charge on any atom is -0.387 e. The monoisotopic (exact) mass is 205 g/mol. The standard InChI is InChI=1S/C11H15N3O/c1-2-8-3-5-9(6-4-8)14-11(15)7-10(12)13/h3-6H,2,7H2,1H3,(H3,12,13)(H,14,15). The molecule has 0 heterocycles. The van der Waals surface area contributed by atoms with E-state index >= 15 is 0 Å². The van der Waals surface area contributed by atoms with E-state index in [0.29, 0.717) is 0 Å². The predicted octanol–water partition coefficient (Wildman–Crippen LogP) is 1.51. The molecule has 0 atom stereocenters. The van der Waals surface area contributed by atoms with E-state index in [1.807, 2.05) is 24.3 Å². The zero-order chi connectivity index (χ0) is 11.3. The number of amidine groups is 1. The van der Waals surface area contributed by atoms with E-state index in [9.17, 15) is 4.79 Å². The van der Waals surface area contributed by atoms with Crippen molar-refractivity contribution >= 4 is 17.4 Å². The molecule has 4 heteroatoms. The van der Waals surface area contributed by atoms with Gasteiger partial charge in [0.15, 0.2) is 0 Å². The Balaban J connectivity index is 2.57. The third-order valence-corrected chi connectivity index (χ3v) is 2.00. The molecule has 0 aliphatic rings. The Labute approximate surface area is 89.0 Å². The van der Waals surface area contributed by atoms with Crippen LogP contribution in [-0.2, 0) is 11.2 Å². The number of hydrogen-bond donors (Lipinski definition) is 3. The third-order valence-electron chi connectivity index (χ3n) is 2.00. The second-order valence-electron chi connectivity index (χ2n) is 3.30. The SMILES string of the molecule is CCc1ccc(NC(=O)CC(=N)N)cc1. The molecule has 1 rings (SSSR count). The highest BCUT2D eigenvalue weighted by molar-refractivity contribution is 6.03. The number of anilines is 1. The number of aryl methyl sites for hydroxylation is 1. The van der Waals surface area contributed by atoms with Crippen LogP contribution >= 0.6 is 0 Å². The maximum atomic E-state index is 11.2. The van der Waals surface area contributed by atoms with Crippen molar-refractivity contribution in [2.24, 2.45) is 5.73 Å². The summed E-state index contributed by atoms with van der Waals surface area (Å²) in [6.07, 6.45) is 0.914. The second-order valence-corrected chi connectivity index (χ2v) is 3.30. The van der Waals surface area contributed by atoms with E-state index in [2.05, 4.69) is 12.2 Å². The van der Waals surface area contributed by atoms with Crippen molar-refractivity contribution in [1.82, 2.24) is 0 Å². The normalized spacial score (nSPS) is 9.67. The summed E-state index contributed by atoms with van der Waals surface area (Å²) in [5.41, 5.74) is 7.07. The number of nitrogens with two attached hydrogens (primary N) is 1. The molecule has 0 aliphatic carbocycles. The predicted molar refractivity (Wildman–Crippen MR) is 61.0 cm³/mol. The van der Waals surface area contributed by atoms with Gasteiger partial charge in [0, 0.05) is 5.69 Å². The van der Waals surface area contributed by atoms with Crippen molar-refractivity contribution in [1.29, 1.82) is 5.41 Å². The van der Waals surface area contributed by atoms with Crippen LogP contribution in [0.1, 0.15) is 18.9 Å². The van der Waals surface area contributed by atoms with Crippen molar-refractivity contribution in [3.63, 3.8) is 0 Å². The summed E-state index contributed by atoms with van der Waals surface area (Å²) < 4.78 is 0. The Kier molecular flexibility index (Phi) is 3.85. The lowest BCUT2D eigenvalue weighted by Crippen LogP contribution is -2.20. The lowest BCUT2D eigenvalue weighted by Gasteiger charge is -2.04. The molecule has 0 aromatic heterocycles. The van der Waals surface area contributed by atoms with Crippen molar-refractivity contribution in [2.75, 3.05) is 5.32 Å². The van der Waals surface area contributed by atoms with Gasteiger partial charge in [-0.15, -0.1) is 0 Å². The number of nitrogens with one attached hydrogen (secondary N) is 2. The van der Waals surface area contributed by atoms with Crippen LogP contribution in [0, 0.1) is 5.41 Å². The molecule has 0 bridgehead atoms. The second kappa shape index (κ2) is 5.14. The fourth-order valence-corrected chi connectivity index (χ4v) is 1.20. The highest BCUT2D eigenvalue weighted by Crippen LogP contribution is 2.09. The Morgan fingerprint density at radius 3 is 2.47 bits per heavy atom. The summed E-state index contributed by atoms with van der Waals surface area (Å²) in [7, 11) is 0. The summed E-state index contributed by atoms with van der Waals surface area (Å²) in [5.74, 6) is -0.385. The van der Waals surface area contributed by atoms with Crippen molar-refractivity contribution in [3.05, 3.63) is 29.8 Å². The molecule has 1 amide bonds. The van der Waals surface area contributed by atoms with E-state index in [1.54, 1.807) is 0 Å². The summed E-state index contributed by atoms with van der Waals surface area (Å²) >= 11 is 0. The van der Waals surface area contributed by atoms with Crippen LogP contribution in [0.2, 0.25) is 0 Å². The van der Waals surface area contributed by atoms with Gasteiger partial charge in [-0.3, -0.25) is 10.2 Å². The number of hydrogen-bond acceptors (Lipinski definition) is 2. The minimum absolute atomic E-state index is 0.0600. The lowest BCUT2D eigenvalue weighted by molar-refractivity contribution is -0.115. The Bertz CT molecular complexity index is 357. The number of rotatable bonds is 4. The average Bonchev–Trinajstić information content (AvgIpc) is 2.17. The summed E-state index contributed by atoms with van der Waals surface area (Å²) in [6.45, 7) is 2.07. The van der Waals surface area contributed by atoms with E-state index in [4.69, 9.17) is 11.1 Å². The average molecular weight is 205 g/mol. The minimum atomic E-state index is -0.258. The molecule has 80 valence electrons. The van der Waals surface area contributed by atoms with Gasteiger partial charge in [-0.25, -0.2) is 0 Å². The molecular weight excluding hydrogens is 190 g/mol. The number of carbonyl (C=O) groups excluding carboxylic acids is 1. The molecule has 0 fully saturated rings. The summed E-state index contributed by atoms with van der Waals surface area (Å²) in [5, 5.41) is 9.64. The molecule has 0 unspecified atom stereocenters. The van der Waals surface area contributed by atoms with E-state index in [-0.39, 0.29) is 18.2 Å². The van der Waals surface area contributed by atoms with Gasteiger partial charge >= 0.3 is 0 Å². The van der Waals surface area contributed by atoms with Crippen LogP contribution in [0.3, 0.4) is 0 Å². The van der Waals surface area contributed by atoms with E-state index in [0.717, 1.165) is 12.1 Å². The smallest absolute Gasteiger partial charge is 0.231 e. The zero-order valence-corrected chi connectivity index (χ0v) is 8.71. The van der Waals surface area contributed by atoms with Gasteiger partial charge in [0.2, 0.25) is 5.91 Å². The third kappa shape index (κ3) is 3.81. The van der Waals surface area contributed by atoms with Crippen molar-refractivity contribution in [2.45, 2.75) is 19.8 Å². The topological polar surface area (TPSA) is 79.0 Å². The van der Waals surface area contributed by atoms with Crippen LogP contribution in [-0.4, -0.2) is 11.7 Å². The van der Waals surface area contributed by atoms with E-state index in [1.165, 1.54) is 5.56 Å².